The number of carbonyl (C=O) groups excluding carboxylic acids is 1. The van der Waals surface area contributed by atoms with Crippen LogP contribution in [0.1, 0.15) is 19.4 Å². The van der Waals surface area contributed by atoms with Crippen molar-refractivity contribution in [2.45, 2.75) is 26.4 Å². The van der Waals surface area contributed by atoms with Crippen molar-refractivity contribution in [3.63, 3.8) is 0 Å². The van der Waals surface area contributed by atoms with Crippen molar-refractivity contribution in [1.29, 1.82) is 0 Å². The van der Waals surface area contributed by atoms with E-state index < -0.39 is 0 Å². The molecular formula is C16H19FN2O2. The van der Waals surface area contributed by atoms with Gasteiger partial charge in [0.25, 0.3) is 0 Å². The van der Waals surface area contributed by atoms with Crippen LogP contribution in [0.15, 0.2) is 30.5 Å². The maximum Gasteiger partial charge on any atom is 0.319 e. The third-order valence-electron chi connectivity index (χ3n) is 3.46. The highest BCUT2D eigenvalue weighted by atomic mass is 19.1. The molecule has 1 heterocycles. The molecule has 21 heavy (non-hydrogen) atoms. The van der Waals surface area contributed by atoms with E-state index >= 15 is 0 Å². The fourth-order valence-electron chi connectivity index (χ4n) is 2.19. The maximum absolute atomic E-state index is 13.8. The molecule has 112 valence electrons. The van der Waals surface area contributed by atoms with Crippen molar-refractivity contribution in [2.75, 3.05) is 13.7 Å². The Labute approximate surface area is 123 Å². The number of halogens is 1. The Hall–Kier alpha value is -2.01. The molecule has 0 atom stereocenters. The Bertz CT molecular complexity index is 643. The second kappa shape index (κ2) is 6.63. The fraction of sp³-hybridized carbons (Fsp3) is 0.375. The number of ether oxygens (including phenoxy) is 1. The quantitative estimate of drug-likeness (QED) is 0.794. The Morgan fingerprint density at radius 3 is 2.81 bits per heavy atom. The highest BCUT2D eigenvalue weighted by molar-refractivity contribution is 5.82. The Kier molecular flexibility index (Phi) is 4.85. The Morgan fingerprint density at radius 1 is 1.38 bits per heavy atom. The Balaban J connectivity index is 2.33. The van der Waals surface area contributed by atoms with E-state index in [1.807, 2.05) is 18.7 Å². The number of pyridine rings is 1. The highest BCUT2D eigenvalue weighted by Gasteiger charge is 2.17. The van der Waals surface area contributed by atoms with E-state index in [1.165, 1.54) is 13.2 Å². The lowest BCUT2D eigenvalue weighted by molar-refractivity contribution is -0.142. The highest BCUT2D eigenvalue weighted by Crippen LogP contribution is 2.21. The number of esters is 1. The second-order valence-corrected chi connectivity index (χ2v) is 5.18. The van der Waals surface area contributed by atoms with Crippen molar-refractivity contribution in [2.24, 2.45) is 0 Å². The van der Waals surface area contributed by atoms with Crippen molar-refractivity contribution < 1.29 is 13.9 Å². The molecule has 0 amide bonds. The van der Waals surface area contributed by atoms with Gasteiger partial charge in [0, 0.05) is 24.2 Å². The summed E-state index contributed by atoms with van der Waals surface area (Å²) in [5, 5.41) is 0.497. The number of aromatic nitrogens is 1. The summed E-state index contributed by atoms with van der Waals surface area (Å²) < 4.78 is 18.5. The van der Waals surface area contributed by atoms with Crippen LogP contribution in [-0.2, 0) is 16.1 Å². The van der Waals surface area contributed by atoms with E-state index in [-0.39, 0.29) is 24.4 Å². The van der Waals surface area contributed by atoms with E-state index in [1.54, 1.807) is 24.4 Å². The van der Waals surface area contributed by atoms with Crippen molar-refractivity contribution in [1.82, 2.24) is 9.88 Å². The van der Waals surface area contributed by atoms with Crippen molar-refractivity contribution >= 4 is 16.9 Å². The number of rotatable bonds is 5. The molecule has 2 aromatic rings. The zero-order valence-electron chi connectivity index (χ0n) is 12.5. The molecule has 0 aliphatic rings. The molecule has 2 rings (SSSR count). The normalized spacial score (nSPS) is 11.3. The molecule has 5 heteroatoms. The van der Waals surface area contributed by atoms with Gasteiger partial charge in [-0.3, -0.25) is 14.7 Å². The van der Waals surface area contributed by atoms with Crippen LogP contribution in [0, 0.1) is 5.82 Å². The van der Waals surface area contributed by atoms with Crippen LogP contribution in [0.25, 0.3) is 10.9 Å². The molecule has 0 bridgehead atoms. The average Bonchev–Trinajstić information content (AvgIpc) is 2.49. The molecule has 0 aliphatic carbocycles. The SMILES string of the molecule is COC(=O)CN(Cc1ccc(F)c2cccnc12)C(C)C. The van der Waals surface area contributed by atoms with E-state index in [4.69, 9.17) is 4.74 Å². The second-order valence-electron chi connectivity index (χ2n) is 5.18. The average molecular weight is 290 g/mol. The number of hydrogen-bond donors (Lipinski definition) is 0. The third-order valence-corrected chi connectivity index (χ3v) is 3.46. The molecule has 0 unspecified atom stereocenters. The zero-order valence-corrected chi connectivity index (χ0v) is 12.5. The van der Waals surface area contributed by atoms with Crippen LogP contribution in [0.4, 0.5) is 4.39 Å². The number of hydrogen-bond acceptors (Lipinski definition) is 4. The fourth-order valence-corrected chi connectivity index (χ4v) is 2.19. The first-order valence-electron chi connectivity index (χ1n) is 6.86. The third kappa shape index (κ3) is 3.55. The van der Waals surface area contributed by atoms with Crippen molar-refractivity contribution in [3.8, 4) is 0 Å². The summed E-state index contributed by atoms with van der Waals surface area (Å²) >= 11 is 0. The van der Waals surface area contributed by atoms with Gasteiger partial charge in [0.2, 0.25) is 0 Å². The smallest absolute Gasteiger partial charge is 0.319 e. The van der Waals surface area contributed by atoms with Gasteiger partial charge in [-0.15, -0.1) is 0 Å². The van der Waals surface area contributed by atoms with Gasteiger partial charge in [0.15, 0.2) is 0 Å². The summed E-state index contributed by atoms with van der Waals surface area (Å²) in [4.78, 5) is 17.7. The van der Waals surface area contributed by atoms with E-state index in [2.05, 4.69) is 4.98 Å². The molecule has 0 N–H and O–H groups in total. The minimum absolute atomic E-state index is 0.160. The largest absolute Gasteiger partial charge is 0.468 e. The lowest BCUT2D eigenvalue weighted by Crippen LogP contribution is -2.35. The van der Waals surface area contributed by atoms with Crippen LogP contribution in [0.2, 0.25) is 0 Å². The van der Waals surface area contributed by atoms with Gasteiger partial charge >= 0.3 is 5.97 Å². The van der Waals surface area contributed by atoms with Gasteiger partial charge in [-0.2, -0.15) is 0 Å². The van der Waals surface area contributed by atoms with Crippen LogP contribution in [0.3, 0.4) is 0 Å². The van der Waals surface area contributed by atoms with Crippen molar-refractivity contribution in [3.05, 3.63) is 41.8 Å². The lowest BCUT2D eigenvalue weighted by Gasteiger charge is -2.25. The summed E-state index contributed by atoms with van der Waals surface area (Å²) in [5.74, 6) is -0.575. The maximum atomic E-state index is 13.8. The van der Waals surface area contributed by atoms with Crippen LogP contribution >= 0.6 is 0 Å². The predicted molar refractivity (Wildman–Crippen MR) is 79.3 cm³/mol. The van der Waals surface area contributed by atoms with Crippen LogP contribution < -0.4 is 0 Å². The molecule has 0 saturated carbocycles. The predicted octanol–water partition coefficient (Wildman–Crippen LogP) is 2.76. The molecule has 0 saturated heterocycles. The van der Waals surface area contributed by atoms with E-state index in [0.29, 0.717) is 17.4 Å². The molecular weight excluding hydrogens is 271 g/mol. The molecule has 0 aliphatic heterocycles. The summed E-state index contributed by atoms with van der Waals surface area (Å²) in [6.45, 7) is 4.71. The summed E-state index contributed by atoms with van der Waals surface area (Å²) in [6.07, 6.45) is 1.64. The van der Waals surface area contributed by atoms with Gasteiger partial charge in [0.05, 0.1) is 19.2 Å². The molecule has 1 aromatic heterocycles. The minimum atomic E-state index is -0.289. The summed E-state index contributed by atoms with van der Waals surface area (Å²) in [5.41, 5.74) is 1.53. The molecule has 0 fully saturated rings. The van der Waals surface area contributed by atoms with Gasteiger partial charge in [-0.1, -0.05) is 6.07 Å². The van der Waals surface area contributed by atoms with E-state index in [0.717, 1.165) is 5.56 Å². The number of nitrogens with zero attached hydrogens (tertiary/aromatic N) is 2. The van der Waals surface area contributed by atoms with Gasteiger partial charge < -0.3 is 4.74 Å². The number of fused-ring (bicyclic) bond motifs is 1. The zero-order chi connectivity index (χ0) is 15.4. The molecule has 4 nitrogen and oxygen atoms in total. The topological polar surface area (TPSA) is 42.4 Å². The van der Waals surface area contributed by atoms with Gasteiger partial charge in [-0.25, -0.2) is 4.39 Å². The minimum Gasteiger partial charge on any atom is -0.468 e. The number of methoxy groups -OCH3 is 1. The first-order chi connectivity index (χ1) is 10.0. The standard InChI is InChI=1S/C16H19FN2O2/c1-11(2)19(10-15(20)21-3)9-12-6-7-14(17)13-5-4-8-18-16(12)13/h4-8,11H,9-10H2,1-3H3. The van der Waals surface area contributed by atoms with Crippen LogP contribution in [0.5, 0.6) is 0 Å². The summed E-state index contributed by atoms with van der Waals surface area (Å²) in [6, 6.07) is 6.74. The number of benzene rings is 1. The Morgan fingerprint density at radius 2 is 2.14 bits per heavy atom. The monoisotopic (exact) mass is 290 g/mol. The van der Waals surface area contributed by atoms with E-state index in [9.17, 15) is 9.18 Å². The van der Waals surface area contributed by atoms with Gasteiger partial charge in [0.1, 0.15) is 5.82 Å². The van der Waals surface area contributed by atoms with Gasteiger partial charge in [-0.05, 0) is 37.6 Å². The number of carbonyl (C=O) groups is 1. The lowest BCUT2D eigenvalue weighted by atomic mass is 10.1. The first-order valence-corrected chi connectivity index (χ1v) is 6.86. The molecule has 0 spiro atoms. The molecule has 1 aromatic carbocycles. The first kappa shape index (κ1) is 15.4. The molecule has 0 radical (unpaired) electrons. The van der Waals surface area contributed by atoms with Crippen LogP contribution in [-0.4, -0.2) is 35.5 Å². The summed E-state index contributed by atoms with van der Waals surface area (Å²) in [7, 11) is 1.37.